The minimum Gasteiger partial charge on any atom is -0.423 e. The zero-order valence-electron chi connectivity index (χ0n) is 14.0. The average Bonchev–Trinajstić information content (AvgIpc) is 3.04. The van der Waals surface area contributed by atoms with Crippen LogP contribution in [0.1, 0.15) is 20.1 Å². The van der Waals surface area contributed by atoms with E-state index in [-0.39, 0.29) is 22.3 Å². The fourth-order valence-corrected chi connectivity index (χ4v) is 3.11. The van der Waals surface area contributed by atoms with Crippen LogP contribution in [0, 0.1) is 0 Å². The summed E-state index contributed by atoms with van der Waals surface area (Å²) in [6, 6.07) is 0. The summed E-state index contributed by atoms with van der Waals surface area (Å²) >= 11 is 0. The van der Waals surface area contributed by atoms with E-state index in [1.165, 1.54) is 17.7 Å². The van der Waals surface area contributed by atoms with Crippen molar-refractivity contribution in [3.8, 4) is 0 Å². The number of aromatic nitrogens is 3. The molecule has 0 saturated carbocycles. The van der Waals surface area contributed by atoms with E-state index in [0.717, 1.165) is 13.3 Å². The third-order valence-electron chi connectivity index (χ3n) is 4.36. The second-order valence-corrected chi connectivity index (χ2v) is 6.27. The fourth-order valence-electron chi connectivity index (χ4n) is 3.11. The lowest BCUT2D eigenvalue weighted by Gasteiger charge is -2.25. The Hall–Kier alpha value is -2.12. The highest BCUT2D eigenvalue weighted by molar-refractivity contribution is 6.62. The molecule has 3 rings (SSSR count). The van der Waals surface area contributed by atoms with Crippen LogP contribution in [0.3, 0.4) is 0 Å². The molecule has 0 aromatic carbocycles. The number of amides is 1. The average molecular weight is 368 g/mol. The lowest BCUT2D eigenvalue weighted by atomic mass is 9.80. The van der Waals surface area contributed by atoms with Crippen LogP contribution in [0.15, 0.2) is 12.5 Å². The van der Waals surface area contributed by atoms with Crippen molar-refractivity contribution in [3.63, 3.8) is 0 Å². The number of alkyl halides is 1. The van der Waals surface area contributed by atoms with Gasteiger partial charge in [0.05, 0.1) is 12.0 Å². The van der Waals surface area contributed by atoms with Gasteiger partial charge in [0.2, 0.25) is 5.91 Å². The van der Waals surface area contributed by atoms with Crippen molar-refractivity contribution in [2.45, 2.75) is 38.0 Å². The van der Waals surface area contributed by atoms with Gasteiger partial charge >= 0.3 is 7.12 Å². The standard InChI is InChI=1S/C14H18BFN4O6/c1-6(22)19-11-9-7(15(24)25)3-20(12(9)18-5-17-11)13-14(2,16)10(23)8(4-21)26-13/h3,5,8,10,13,21,23-25H,4H2,1-2H3,(H,17,18,19,22)/t8-,10-,13-,14-/m1/s1. The molecule has 10 nitrogen and oxygen atoms in total. The molecule has 0 bridgehead atoms. The number of hydrogen-bond acceptors (Lipinski definition) is 8. The molecule has 140 valence electrons. The van der Waals surface area contributed by atoms with E-state index >= 15 is 4.39 Å². The van der Waals surface area contributed by atoms with Gasteiger partial charge in [0.15, 0.2) is 11.9 Å². The van der Waals surface area contributed by atoms with Crippen LogP contribution in [0.2, 0.25) is 0 Å². The van der Waals surface area contributed by atoms with Crippen LogP contribution >= 0.6 is 0 Å². The number of carbonyl (C=O) groups is 1. The molecule has 0 radical (unpaired) electrons. The molecule has 0 spiro atoms. The molecule has 12 heteroatoms. The number of aliphatic hydroxyl groups excluding tert-OH is 2. The topological polar surface area (TPSA) is 150 Å². The van der Waals surface area contributed by atoms with Gasteiger partial charge in [-0.15, -0.1) is 0 Å². The zero-order chi connectivity index (χ0) is 19.2. The summed E-state index contributed by atoms with van der Waals surface area (Å²) in [6.07, 6.45) is -1.85. The third kappa shape index (κ3) is 2.85. The van der Waals surface area contributed by atoms with Crippen LogP contribution in [0.25, 0.3) is 11.0 Å². The highest BCUT2D eigenvalue weighted by Crippen LogP contribution is 2.42. The molecule has 4 atom stereocenters. The van der Waals surface area contributed by atoms with E-state index < -0.39 is 43.7 Å². The highest BCUT2D eigenvalue weighted by atomic mass is 19.1. The molecular formula is C14H18BFN4O6. The van der Waals surface area contributed by atoms with E-state index in [0.29, 0.717) is 0 Å². The second kappa shape index (κ2) is 6.56. The van der Waals surface area contributed by atoms with Crippen molar-refractivity contribution in [3.05, 3.63) is 12.5 Å². The smallest absolute Gasteiger partial charge is 0.423 e. The molecule has 0 aliphatic carbocycles. The van der Waals surface area contributed by atoms with E-state index in [1.807, 2.05) is 0 Å². The maximum Gasteiger partial charge on any atom is 0.490 e. The molecule has 1 aliphatic rings. The zero-order valence-corrected chi connectivity index (χ0v) is 14.0. The molecular weight excluding hydrogens is 350 g/mol. The van der Waals surface area contributed by atoms with Crippen molar-refractivity contribution in [1.29, 1.82) is 0 Å². The van der Waals surface area contributed by atoms with E-state index in [1.54, 1.807) is 0 Å². The Kier molecular flexibility index (Phi) is 4.71. The number of hydrogen-bond donors (Lipinski definition) is 5. The van der Waals surface area contributed by atoms with E-state index in [4.69, 9.17) is 4.74 Å². The fraction of sp³-hybridized carbons (Fsp3) is 0.500. The maximum absolute atomic E-state index is 15.1. The van der Waals surface area contributed by atoms with Gasteiger partial charge in [0.25, 0.3) is 0 Å². The summed E-state index contributed by atoms with van der Waals surface area (Å²) in [5, 5.41) is 41.2. The summed E-state index contributed by atoms with van der Waals surface area (Å²) in [6.45, 7) is 1.76. The second-order valence-electron chi connectivity index (χ2n) is 6.27. The predicted octanol–water partition coefficient (Wildman–Crippen LogP) is -1.95. The number of carbonyl (C=O) groups excluding carboxylic acids is 1. The predicted molar refractivity (Wildman–Crippen MR) is 88.2 cm³/mol. The number of aliphatic hydroxyl groups is 2. The van der Waals surface area contributed by atoms with Gasteiger partial charge in [-0.05, 0) is 6.92 Å². The summed E-state index contributed by atoms with van der Waals surface area (Å²) in [4.78, 5) is 19.3. The van der Waals surface area contributed by atoms with Crippen molar-refractivity contribution in [1.82, 2.24) is 14.5 Å². The van der Waals surface area contributed by atoms with Crippen LogP contribution in [0.5, 0.6) is 0 Å². The van der Waals surface area contributed by atoms with Gasteiger partial charge < -0.3 is 34.9 Å². The minimum atomic E-state index is -2.30. The number of fused-ring (bicyclic) bond motifs is 1. The number of anilines is 1. The number of rotatable bonds is 4. The van der Waals surface area contributed by atoms with Gasteiger partial charge in [-0.3, -0.25) is 4.79 Å². The van der Waals surface area contributed by atoms with Crippen molar-refractivity contribution in [2.75, 3.05) is 11.9 Å². The Morgan fingerprint density at radius 2 is 2.19 bits per heavy atom. The first-order chi connectivity index (χ1) is 12.2. The van der Waals surface area contributed by atoms with Gasteiger partial charge in [-0.2, -0.15) is 0 Å². The largest absolute Gasteiger partial charge is 0.490 e. The lowest BCUT2D eigenvalue weighted by molar-refractivity contribution is -0.114. The highest BCUT2D eigenvalue weighted by Gasteiger charge is 2.55. The monoisotopic (exact) mass is 368 g/mol. The molecule has 0 unspecified atom stereocenters. The summed E-state index contributed by atoms with van der Waals surface area (Å²) < 4.78 is 21.7. The molecule has 1 fully saturated rings. The molecule has 2 aromatic rings. The Labute approximate surface area is 147 Å². The molecule has 1 amide bonds. The Bertz CT molecular complexity index is 844. The number of halogens is 1. The number of nitrogens with zero attached hydrogens (tertiary/aromatic N) is 3. The van der Waals surface area contributed by atoms with Crippen LogP contribution < -0.4 is 10.8 Å². The normalized spacial score (nSPS) is 28.5. The van der Waals surface area contributed by atoms with Crippen molar-refractivity contribution >= 4 is 35.3 Å². The van der Waals surface area contributed by atoms with Crippen LogP contribution in [-0.4, -0.2) is 72.3 Å². The molecule has 1 aliphatic heterocycles. The molecule has 1 saturated heterocycles. The van der Waals surface area contributed by atoms with Crippen LogP contribution in [0.4, 0.5) is 10.2 Å². The number of nitrogens with one attached hydrogen (secondary N) is 1. The first kappa shape index (κ1) is 18.7. The molecule has 5 N–H and O–H groups in total. The van der Waals surface area contributed by atoms with Gasteiger partial charge in [0, 0.05) is 18.6 Å². The first-order valence-electron chi connectivity index (χ1n) is 7.81. The first-order valence-corrected chi connectivity index (χ1v) is 7.81. The van der Waals surface area contributed by atoms with Gasteiger partial charge in [-0.25, -0.2) is 14.4 Å². The van der Waals surface area contributed by atoms with E-state index in [2.05, 4.69) is 15.3 Å². The van der Waals surface area contributed by atoms with Crippen LogP contribution in [-0.2, 0) is 9.53 Å². The Morgan fingerprint density at radius 3 is 2.73 bits per heavy atom. The number of ether oxygens (including phenoxy) is 1. The molecule has 26 heavy (non-hydrogen) atoms. The van der Waals surface area contributed by atoms with E-state index in [9.17, 15) is 25.1 Å². The Morgan fingerprint density at radius 1 is 1.50 bits per heavy atom. The Balaban J connectivity index is 2.20. The minimum absolute atomic E-state index is 0.0159. The van der Waals surface area contributed by atoms with Gasteiger partial charge in [0.1, 0.15) is 30.0 Å². The van der Waals surface area contributed by atoms with Gasteiger partial charge in [-0.1, -0.05) is 0 Å². The summed E-state index contributed by atoms with van der Waals surface area (Å²) in [5.74, 6) is -0.429. The lowest BCUT2D eigenvalue weighted by Crippen LogP contribution is -2.40. The van der Waals surface area contributed by atoms with Crippen molar-refractivity contribution < 1.29 is 34.2 Å². The maximum atomic E-state index is 15.1. The van der Waals surface area contributed by atoms with Crippen molar-refractivity contribution in [2.24, 2.45) is 0 Å². The molecule has 3 heterocycles. The third-order valence-corrected chi connectivity index (χ3v) is 4.36. The summed E-state index contributed by atoms with van der Waals surface area (Å²) in [5.41, 5.74) is -2.31. The quantitative estimate of drug-likeness (QED) is 0.391. The molecule has 2 aromatic heterocycles. The summed E-state index contributed by atoms with van der Waals surface area (Å²) in [7, 11) is -1.96. The SMILES string of the molecule is CC(=O)Nc1ncnc2c1c(B(O)O)cn2[C@@H]1O[C@H](CO)[C@@H](O)[C@@]1(C)F.